The third-order valence-electron chi connectivity index (χ3n) is 4.88. The van der Waals surface area contributed by atoms with E-state index in [1.165, 1.54) is 16.8 Å². The van der Waals surface area contributed by atoms with Crippen LogP contribution in [0, 0.1) is 0 Å². The highest BCUT2D eigenvalue weighted by Gasteiger charge is 2.29. The van der Waals surface area contributed by atoms with Gasteiger partial charge >= 0.3 is 5.69 Å². The molecule has 0 radical (unpaired) electrons. The Bertz CT molecular complexity index is 933. The fourth-order valence-electron chi connectivity index (χ4n) is 3.39. The topological polar surface area (TPSA) is 93.6 Å². The van der Waals surface area contributed by atoms with Gasteiger partial charge in [-0.1, -0.05) is 0 Å². The second kappa shape index (κ2) is 8.11. The second-order valence-corrected chi connectivity index (χ2v) is 6.49. The summed E-state index contributed by atoms with van der Waals surface area (Å²) in [4.78, 5) is 39.3. The number of nitrogens with zero attached hydrogens (tertiary/aromatic N) is 2. The lowest BCUT2D eigenvalue weighted by Gasteiger charge is -2.18. The van der Waals surface area contributed by atoms with Gasteiger partial charge in [0.1, 0.15) is 11.5 Å². The number of ether oxygens (including phenoxy) is 2. The van der Waals surface area contributed by atoms with Crippen molar-refractivity contribution in [3.63, 3.8) is 0 Å². The van der Waals surface area contributed by atoms with Gasteiger partial charge in [-0.2, -0.15) is 0 Å². The van der Waals surface area contributed by atoms with Crippen molar-refractivity contribution in [2.75, 3.05) is 27.3 Å². The molecule has 0 bridgehead atoms. The monoisotopic (exact) mass is 373 g/mol. The van der Waals surface area contributed by atoms with Crippen LogP contribution in [0.2, 0.25) is 0 Å². The molecule has 1 aliphatic heterocycles. The van der Waals surface area contributed by atoms with Gasteiger partial charge < -0.3 is 18.9 Å². The van der Waals surface area contributed by atoms with E-state index in [0.717, 1.165) is 23.5 Å². The number of likely N-dealkylation sites (tertiary alicyclic amines) is 1. The van der Waals surface area contributed by atoms with Crippen molar-refractivity contribution in [2.24, 2.45) is 0 Å². The van der Waals surface area contributed by atoms with E-state index >= 15 is 0 Å². The van der Waals surface area contributed by atoms with E-state index in [0.29, 0.717) is 13.1 Å². The van der Waals surface area contributed by atoms with Crippen molar-refractivity contribution in [3.8, 4) is 11.5 Å². The van der Waals surface area contributed by atoms with Gasteiger partial charge in [-0.05, 0) is 24.6 Å². The summed E-state index contributed by atoms with van der Waals surface area (Å²) in [6, 6.07) is 6.95. The highest BCUT2D eigenvalue weighted by molar-refractivity contribution is 5.76. The first-order chi connectivity index (χ1) is 13.0. The zero-order valence-electron chi connectivity index (χ0n) is 15.4. The normalized spacial score (nSPS) is 16.4. The van der Waals surface area contributed by atoms with Crippen molar-refractivity contribution >= 4 is 5.91 Å². The van der Waals surface area contributed by atoms with Crippen molar-refractivity contribution in [1.29, 1.82) is 0 Å². The summed E-state index contributed by atoms with van der Waals surface area (Å²) in [6.07, 6.45) is 2.45. The van der Waals surface area contributed by atoms with Gasteiger partial charge in [0.2, 0.25) is 5.91 Å². The second-order valence-electron chi connectivity index (χ2n) is 6.49. The maximum Gasteiger partial charge on any atom is 0.328 e. The van der Waals surface area contributed by atoms with Gasteiger partial charge in [0.25, 0.3) is 5.56 Å². The van der Waals surface area contributed by atoms with Crippen LogP contribution in [0.5, 0.6) is 11.5 Å². The fraction of sp³-hybridized carbons (Fsp3) is 0.421. The Kier molecular flexibility index (Phi) is 5.63. The molecule has 27 heavy (non-hydrogen) atoms. The van der Waals surface area contributed by atoms with Crippen LogP contribution in [0.25, 0.3) is 0 Å². The van der Waals surface area contributed by atoms with E-state index in [1.807, 2.05) is 18.2 Å². The average molecular weight is 373 g/mol. The Morgan fingerprint density at radius 3 is 2.74 bits per heavy atom. The molecule has 8 nitrogen and oxygen atoms in total. The van der Waals surface area contributed by atoms with E-state index in [4.69, 9.17) is 9.47 Å². The van der Waals surface area contributed by atoms with Crippen molar-refractivity contribution in [1.82, 2.24) is 14.5 Å². The van der Waals surface area contributed by atoms with Crippen LogP contribution in [-0.2, 0) is 11.3 Å². The number of H-pyrrole nitrogens is 1. The molecule has 1 aliphatic rings. The third-order valence-corrected chi connectivity index (χ3v) is 4.88. The number of nitrogens with one attached hydrogen (secondary N) is 1. The zero-order chi connectivity index (χ0) is 19.4. The molecular formula is C19H23N3O5. The summed E-state index contributed by atoms with van der Waals surface area (Å²) >= 11 is 0. The van der Waals surface area contributed by atoms with Crippen molar-refractivity contribution < 1.29 is 14.3 Å². The van der Waals surface area contributed by atoms with Crippen LogP contribution in [0.15, 0.2) is 40.1 Å². The Morgan fingerprint density at radius 1 is 1.22 bits per heavy atom. The van der Waals surface area contributed by atoms with E-state index in [-0.39, 0.29) is 24.8 Å². The van der Waals surface area contributed by atoms with E-state index in [1.54, 1.807) is 19.1 Å². The minimum Gasteiger partial charge on any atom is -0.497 e. The number of carbonyl (C=O) groups is 1. The van der Waals surface area contributed by atoms with Gasteiger partial charge in [0.15, 0.2) is 0 Å². The van der Waals surface area contributed by atoms with Crippen molar-refractivity contribution in [2.45, 2.75) is 25.3 Å². The SMILES string of the molecule is COc1ccc(OC)c(C2CCN(C(=O)CCn3ccc(=O)[nH]c3=O)C2)c1. The summed E-state index contributed by atoms with van der Waals surface area (Å²) in [6.45, 7) is 1.49. The Labute approximate surface area is 156 Å². The van der Waals surface area contributed by atoms with Crippen LogP contribution < -0.4 is 20.7 Å². The number of carbonyl (C=O) groups excluding carboxylic acids is 1. The molecule has 3 rings (SSSR count). The molecule has 1 atom stereocenters. The number of methoxy groups -OCH3 is 2. The first kappa shape index (κ1) is 18.8. The highest BCUT2D eigenvalue weighted by Crippen LogP contribution is 2.36. The number of hydrogen-bond acceptors (Lipinski definition) is 5. The fourth-order valence-corrected chi connectivity index (χ4v) is 3.39. The first-order valence-corrected chi connectivity index (χ1v) is 8.81. The molecule has 0 aliphatic carbocycles. The van der Waals surface area contributed by atoms with Gasteiger partial charge in [0, 0.05) is 49.8 Å². The molecule has 1 aromatic heterocycles. The number of aromatic nitrogens is 2. The number of hydrogen-bond donors (Lipinski definition) is 1. The van der Waals surface area contributed by atoms with Gasteiger partial charge in [0.05, 0.1) is 14.2 Å². The molecule has 1 aromatic carbocycles. The molecule has 2 heterocycles. The summed E-state index contributed by atoms with van der Waals surface area (Å²) < 4.78 is 12.1. The molecule has 0 spiro atoms. The molecule has 1 unspecified atom stereocenters. The molecule has 1 fully saturated rings. The maximum atomic E-state index is 12.5. The number of amides is 1. The van der Waals surface area contributed by atoms with Gasteiger partial charge in [-0.25, -0.2) is 4.79 Å². The van der Waals surface area contributed by atoms with Gasteiger partial charge in [-0.3, -0.25) is 14.6 Å². The minimum absolute atomic E-state index is 0.0162. The molecule has 0 saturated carbocycles. The number of aryl methyl sites for hydroxylation is 1. The molecule has 8 heteroatoms. The van der Waals surface area contributed by atoms with Crippen LogP contribution in [-0.4, -0.2) is 47.7 Å². The number of aromatic amines is 1. The van der Waals surface area contributed by atoms with Crippen LogP contribution in [0.4, 0.5) is 0 Å². The minimum atomic E-state index is -0.504. The highest BCUT2D eigenvalue weighted by atomic mass is 16.5. The maximum absolute atomic E-state index is 12.5. The summed E-state index contributed by atoms with van der Waals surface area (Å²) in [5.41, 5.74) is 0.0805. The lowest BCUT2D eigenvalue weighted by molar-refractivity contribution is -0.130. The number of benzene rings is 1. The van der Waals surface area contributed by atoms with Crippen LogP contribution in [0.1, 0.15) is 24.3 Å². The predicted molar refractivity (Wildman–Crippen MR) is 99.4 cm³/mol. The lowest BCUT2D eigenvalue weighted by atomic mass is 9.97. The molecule has 1 amide bonds. The van der Waals surface area contributed by atoms with Crippen molar-refractivity contribution in [3.05, 3.63) is 56.9 Å². The van der Waals surface area contributed by atoms with E-state index < -0.39 is 11.2 Å². The lowest BCUT2D eigenvalue weighted by Crippen LogP contribution is -2.32. The van der Waals surface area contributed by atoms with E-state index in [9.17, 15) is 14.4 Å². The summed E-state index contributed by atoms with van der Waals surface area (Å²) in [5.74, 6) is 1.70. The third kappa shape index (κ3) is 4.21. The van der Waals surface area contributed by atoms with E-state index in [2.05, 4.69) is 4.98 Å². The standard InChI is InChI=1S/C19H23N3O5/c1-26-14-3-4-16(27-2)15(11-14)13-5-8-22(12-13)18(24)7-10-21-9-6-17(23)20-19(21)25/h3-4,6,9,11,13H,5,7-8,10,12H2,1-2H3,(H,20,23,25). The van der Waals surface area contributed by atoms with Crippen LogP contribution >= 0.6 is 0 Å². The Morgan fingerprint density at radius 2 is 2.04 bits per heavy atom. The zero-order valence-corrected chi connectivity index (χ0v) is 15.4. The smallest absolute Gasteiger partial charge is 0.328 e. The predicted octanol–water partition coefficient (Wildman–Crippen LogP) is 0.960. The Hall–Kier alpha value is -3.03. The van der Waals surface area contributed by atoms with Crippen LogP contribution in [0.3, 0.4) is 0 Å². The molecule has 1 saturated heterocycles. The number of rotatable bonds is 6. The first-order valence-electron chi connectivity index (χ1n) is 8.81. The molecular weight excluding hydrogens is 350 g/mol. The Balaban J connectivity index is 1.64. The molecule has 144 valence electrons. The molecule has 1 N–H and O–H groups in total. The van der Waals surface area contributed by atoms with Gasteiger partial charge in [-0.15, -0.1) is 0 Å². The summed E-state index contributed by atoms with van der Waals surface area (Å²) in [7, 11) is 3.25. The molecule has 2 aromatic rings. The quantitative estimate of drug-likeness (QED) is 0.814. The largest absolute Gasteiger partial charge is 0.497 e. The summed E-state index contributed by atoms with van der Waals surface area (Å²) in [5, 5.41) is 0. The average Bonchev–Trinajstić information content (AvgIpc) is 3.16.